The minimum Gasteiger partial charge on any atom is -0.497 e. The Balaban J connectivity index is 1.40. The number of aromatic nitrogens is 2. The first-order valence-corrected chi connectivity index (χ1v) is 16.0. The fourth-order valence-corrected chi connectivity index (χ4v) is 5.70. The third kappa shape index (κ3) is 8.50. The van der Waals surface area contributed by atoms with E-state index in [-0.39, 0.29) is 35.8 Å². The molecule has 1 aromatic heterocycles. The van der Waals surface area contributed by atoms with Crippen LogP contribution in [0.5, 0.6) is 11.5 Å². The first kappa shape index (κ1) is 36.1. The van der Waals surface area contributed by atoms with Gasteiger partial charge in [0.2, 0.25) is 11.9 Å². The molecule has 1 aliphatic rings. The van der Waals surface area contributed by atoms with Crippen molar-refractivity contribution in [1.29, 1.82) is 0 Å². The second-order valence-corrected chi connectivity index (χ2v) is 12.0. The van der Waals surface area contributed by atoms with Gasteiger partial charge >= 0.3 is 6.18 Å². The van der Waals surface area contributed by atoms with Gasteiger partial charge in [-0.1, -0.05) is 12.1 Å². The Morgan fingerprint density at radius 2 is 1.70 bits per heavy atom. The summed E-state index contributed by atoms with van der Waals surface area (Å²) >= 11 is 0. The molecule has 50 heavy (non-hydrogen) atoms. The van der Waals surface area contributed by atoms with Crippen molar-refractivity contribution in [3.8, 4) is 11.5 Å². The summed E-state index contributed by atoms with van der Waals surface area (Å²) in [5.41, 5.74) is 1.26. The highest BCUT2D eigenvalue weighted by Gasteiger charge is 2.35. The Morgan fingerprint density at radius 1 is 0.940 bits per heavy atom. The van der Waals surface area contributed by atoms with Crippen LogP contribution in [0.25, 0.3) is 0 Å². The standard InChI is InChI=1S/C36H40F3N7O4/c1-23-6-9-27(42-34(48)24-7-8-25(29(19-24)36(37,38)39)22-45-16-14-44(3)15-17-45)18-26(23)20-33(47)46(32-12-13-41-35(40-2)43-32)30-11-10-28(49-4)21-31(30)50-5/h6-13,18-19,21H,14-17,20,22H2,1-5H3,(H,42,48)(H,40,41,43). The molecule has 1 saturated heterocycles. The van der Waals surface area contributed by atoms with E-state index in [0.717, 1.165) is 24.7 Å². The molecule has 0 aliphatic carbocycles. The van der Waals surface area contributed by atoms with Crippen molar-refractivity contribution in [3.05, 3.63) is 94.7 Å². The average Bonchev–Trinajstić information content (AvgIpc) is 3.10. The second kappa shape index (κ2) is 15.6. The lowest BCUT2D eigenvalue weighted by molar-refractivity contribution is -0.138. The van der Waals surface area contributed by atoms with E-state index in [0.29, 0.717) is 47.5 Å². The Labute approximate surface area is 289 Å². The van der Waals surface area contributed by atoms with E-state index in [2.05, 4.69) is 25.5 Å². The van der Waals surface area contributed by atoms with Gasteiger partial charge in [-0.25, -0.2) is 4.98 Å². The molecule has 0 saturated carbocycles. The van der Waals surface area contributed by atoms with Gasteiger partial charge in [0.15, 0.2) is 0 Å². The van der Waals surface area contributed by atoms with Crippen LogP contribution in [-0.2, 0) is 23.9 Å². The maximum absolute atomic E-state index is 14.2. The molecule has 1 aliphatic heterocycles. The lowest BCUT2D eigenvalue weighted by atomic mass is 10.0. The number of alkyl halides is 3. The van der Waals surface area contributed by atoms with Crippen LogP contribution < -0.4 is 25.0 Å². The molecular weight excluding hydrogens is 651 g/mol. The number of benzene rings is 3. The van der Waals surface area contributed by atoms with Crippen LogP contribution in [0.3, 0.4) is 0 Å². The number of amides is 2. The summed E-state index contributed by atoms with van der Waals surface area (Å²) in [7, 11) is 6.65. The number of methoxy groups -OCH3 is 2. The number of rotatable bonds is 11. The highest BCUT2D eigenvalue weighted by atomic mass is 19.4. The summed E-state index contributed by atoms with van der Waals surface area (Å²) in [6.07, 6.45) is -3.22. The van der Waals surface area contributed by atoms with Gasteiger partial charge in [0.1, 0.15) is 17.3 Å². The smallest absolute Gasteiger partial charge is 0.416 e. The monoisotopic (exact) mass is 691 g/mol. The summed E-state index contributed by atoms with van der Waals surface area (Å²) in [6, 6.07) is 15.3. The lowest BCUT2D eigenvalue weighted by Gasteiger charge is -2.33. The zero-order valence-corrected chi connectivity index (χ0v) is 28.6. The minimum absolute atomic E-state index is 0.108. The molecule has 264 valence electrons. The summed E-state index contributed by atoms with van der Waals surface area (Å²) < 4.78 is 53.4. The summed E-state index contributed by atoms with van der Waals surface area (Å²) in [4.78, 5) is 41.6. The van der Waals surface area contributed by atoms with Crippen molar-refractivity contribution in [2.24, 2.45) is 0 Å². The van der Waals surface area contributed by atoms with Crippen LogP contribution in [0.4, 0.5) is 36.3 Å². The normalized spacial score (nSPS) is 13.8. The number of aryl methyl sites for hydroxylation is 1. The number of hydrogen-bond donors (Lipinski definition) is 2. The molecule has 4 aromatic rings. The zero-order chi connectivity index (χ0) is 36.0. The van der Waals surface area contributed by atoms with Crippen molar-refractivity contribution < 1.29 is 32.2 Å². The molecule has 2 heterocycles. The van der Waals surface area contributed by atoms with Gasteiger partial charge in [-0.3, -0.25) is 19.4 Å². The van der Waals surface area contributed by atoms with Gasteiger partial charge < -0.3 is 25.0 Å². The summed E-state index contributed by atoms with van der Waals surface area (Å²) in [5, 5.41) is 5.59. The van der Waals surface area contributed by atoms with E-state index in [4.69, 9.17) is 9.47 Å². The van der Waals surface area contributed by atoms with Crippen LogP contribution in [0, 0.1) is 6.92 Å². The van der Waals surface area contributed by atoms with Gasteiger partial charge in [-0.05, 0) is 67.1 Å². The quantitative estimate of drug-likeness (QED) is 0.203. The summed E-state index contributed by atoms with van der Waals surface area (Å²) in [5.74, 6) is 0.418. The molecule has 0 spiro atoms. The minimum atomic E-state index is -4.63. The molecule has 1 fully saturated rings. The Morgan fingerprint density at radius 3 is 2.38 bits per heavy atom. The van der Waals surface area contributed by atoms with Crippen molar-refractivity contribution in [2.75, 3.05) is 70.0 Å². The zero-order valence-electron chi connectivity index (χ0n) is 28.6. The van der Waals surface area contributed by atoms with E-state index < -0.39 is 17.6 Å². The fourth-order valence-electron chi connectivity index (χ4n) is 5.70. The summed E-state index contributed by atoms with van der Waals surface area (Å²) in [6.45, 7) is 4.84. The van der Waals surface area contributed by atoms with Gasteiger partial charge in [0, 0.05) is 69.4 Å². The van der Waals surface area contributed by atoms with Gasteiger partial charge in [-0.2, -0.15) is 18.2 Å². The predicted molar refractivity (Wildman–Crippen MR) is 185 cm³/mol. The van der Waals surface area contributed by atoms with E-state index in [1.54, 1.807) is 49.5 Å². The van der Waals surface area contributed by atoms with Crippen LogP contribution in [0.15, 0.2) is 66.9 Å². The molecule has 11 nitrogen and oxygen atoms in total. The lowest BCUT2D eigenvalue weighted by Crippen LogP contribution is -2.44. The first-order chi connectivity index (χ1) is 23.9. The second-order valence-electron chi connectivity index (χ2n) is 12.0. The third-order valence-electron chi connectivity index (χ3n) is 8.59. The molecule has 14 heteroatoms. The van der Waals surface area contributed by atoms with Crippen molar-refractivity contribution >= 4 is 35.0 Å². The largest absolute Gasteiger partial charge is 0.497 e. The van der Waals surface area contributed by atoms with Gasteiger partial charge in [-0.15, -0.1) is 0 Å². The SMILES string of the molecule is CNc1nccc(N(C(=O)Cc2cc(NC(=O)c3ccc(CN4CCN(C)CC4)c(C(F)(F)F)c3)ccc2C)c2ccc(OC)cc2OC)n1. The average molecular weight is 692 g/mol. The molecule has 2 amide bonds. The van der Waals surface area contributed by atoms with E-state index in [1.165, 1.54) is 37.4 Å². The number of carbonyl (C=O) groups is 2. The first-order valence-electron chi connectivity index (χ1n) is 16.0. The van der Waals surface area contributed by atoms with E-state index in [9.17, 15) is 22.8 Å². The van der Waals surface area contributed by atoms with Crippen LogP contribution in [0.2, 0.25) is 0 Å². The molecule has 0 radical (unpaired) electrons. The number of likely N-dealkylation sites (N-methyl/N-ethyl adjacent to an activating group) is 1. The number of nitrogens with one attached hydrogen (secondary N) is 2. The highest BCUT2D eigenvalue weighted by Crippen LogP contribution is 2.37. The number of ether oxygens (including phenoxy) is 2. The number of nitrogens with zero attached hydrogens (tertiary/aromatic N) is 5. The Hall–Kier alpha value is -5.21. The Kier molecular flexibility index (Phi) is 11.2. The van der Waals surface area contributed by atoms with E-state index in [1.807, 2.05) is 18.9 Å². The van der Waals surface area contributed by atoms with Gasteiger partial charge in [0.25, 0.3) is 5.91 Å². The fraction of sp³-hybridized carbons (Fsp3) is 0.333. The van der Waals surface area contributed by atoms with Crippen LogP contribution in [0.1, 0.15) is 32.6 Å². The Bertz CT molecular complexity index is 1850. The van der Waals surface area contributed by atoms with Crippen molar-refractivity contribution in [1.82, 2.24) is 19.8 Å². The van der Waals surface area contributed by atoms with Crippen LogP contribution in [-0.4, -0.2) is 86.1 Å². The van der Waals surface area contributed by atoms with Crippen molar-refractivity contribution in [2.45, 2.75) is 26.1 Å². The molecule has 0 unspecified atom stereocenters. The molecular formula is C36H40F3N7O4. The predicted octanol–water partition coefficient (Wildman–Crippen LogP) is 5.77. The number of anilines is 4. The number of hydrogen-bond acceptors (Lipinski definition) is 9. The van der Waals surface area contributed by atoms with Gasteiger partial charge in [0.05, 0.1) is 31.9 Å². The molecule has 0 bridgehead atoms. The number of piperazine rings is 1. The third-order valence-corrected chi connectivity index (χ3v) is 8.59. The molecule has 2 N–H and O–H groups in total. The van der Waals surface area contributed by atoms with E-state index >= 15 is 0 Å². The maximum atomic E-state index is 14.2. The maximum Gasteiger partial charge on any atom is 0.416 e. The topological polar surface area (TPSA) is 112 Å². The number of carbonyl (C=O) groups excluding carboxylic acids is 2. The molecule has 0 atom stereocenters. The molecule has 5 rings (SSSR count). The highest BCUT2D eigenvalue weighted by molar-refractivity contribution is 6.05. The number of halogens is 3. The molecule has 3 aromatic carbocycles. The van der Waals surface area contributed by atoms with Crippen LogP contribution >= 0.6 is 0 Å². The van der Waals surface area contributed by atoms with Crippen molar-refractivity contribution in [3.63, 3.8) is 0 Å².